The summed E-state index contributed by atoms with van der Waals surface area (Å²) in [5.74, 6) is 2.02. The van der Waals surface area contributed by atoms with Crippen molar-refractivity contribution in [1.29, 1.82) is 0 Å². The van der Waals surface area contributed by atoms with Gasteiger partial charge in [-0.15, -0.1) is 0 Å². The number of pyridine rings is 1. The summed E-state index contributed by atoms with van der Waals surface area (Å²) < 4.78 is 30.5. The number of fused-ring (bicyclic) bond motifs is 1. The third kappa shape index (κ3) is 4.33. The van der Waals surface area contributed by atoms with Crippen LogP contribution in [0.25, 0.3) is 0 Å². The van der Waals surface area contributed by atoms with Crippen LogP contribution < -0.4 is 10.2 Å². The van der Waals surface area contributed by atoms with Crippen LogP contribution in [0.15, 0.2) is 23.2 Å². The standard InChI is InChI=1S/C20H29N3O4S/c1-13(24)22-17-8-15-10-23(20-19(28(2,25)26)4-3-7-21-20)11-16(15)9-18(17)27-12-14-5-6-14/h3-4,7,14-18H,5-6,8-12H2,1-2H3,(H,22,24)/t15-,16+,17-,18-/m1/s1. The lowest BCUT2D eigenvalue weighted by atomic mass is 9.77. The minimum absolute atomic E-state index is 0.0237. The van der Waals surface area contributed by atoms with E-state index in [-0.39, 0.29) is 22.9 Å². The predicted molar refractivity (Wildman–Crippen MR) is 106 cm³/mol. The van der Waals surface area contributed by atoms with Gasteiger partial charge in [0.25, 0.3) is 0 Å². The molecule has 2 heterocycles. The number of ether oxygens (including phenoxy) is 1. The minimum atomic E-state index is -3.34. The Labute approximate surface area is 166 Å². The third-order valence-electron chi connectivity index (χ3n) is 6.20. The lowest BCUT2D eigenvalue weighted by Gasteiger charge is -2.38. The monoisotopic (exact) mass is 407 g/mol. The molecule has 8 heteroatoms. The van der Waals surface area contributed by atoms with Crippen LogP contribution in [0.2, 0.25) is 0 Å². The second-order valence-electron chi connectivity index (χ2n) is 8.62. The molecule has 1 N–H and O–H groups in total. The summed E-state index contributed by atoms with van der Waals surface area (Å²) in [4.78, 5) is 18.5. The summed E-state index contributed by atoms with van der Waals surface area (Å²) in [6.07, 6.45) is 7.13. The molecule has 3 fully saturated rings. The van der Waals surface area contributed by atoms with Crippen LogP contribution in [0.3, 0.4) is 0 Å². The van der Waals surface area contributed by atoms with E-state index >= 15 is 0 Å². The molecule has 7 nitrogen and oxygen atoms in total. The second kappa shape index (κ2) is 7.63. The van der Waals surface area contributed by atoms with E-state index in [1.54, 1.807) is 25.3 Å². The molecule has 0 aromatic carbocycles. The number of hydrogen-bond acceptors (Lipinski definition) is 6. The molecular weight excluding hydrogens is 378 g/mol. The average molecular weight is 408 g/mol. The molecule has 1 amide bonds. The molecule has 1 aromatic rings. The highest BCUT2D eigenvalue weighted by Crippen LogP contribution is 2.41. The Balaban J connectivity index is 1.50. The maximum Gasteiger partial charge on any atom is 0.217 e. The zero-order chi connectivity index (χ0) is 19.9. The smallest absolute Gasteiger partial charge is 0.217 e. The number of nitrogens with one attached hydrogen (secondary N) is 1. The number of carbonyl (C=O) groups is 1. The van der Waals surface area contributed by atoms with Crippen molar-refractivity contribution >= 4 is 21.6 Å². The van der Waals surface area contributed by atoms with Crippen LogP contribution in [0.5, 0.6) is 0 Å². The van der Waals surface area contributed by atoms with Gasteiger partial charge < -0.3 is 15.0 Å². The Bertz CT molecular complexity index is 840. The largest absolute Gasteiger partial charge is 0.376 e. The molecule has 4 atom stereocenters. The van der Waals surface area contributed by atoms with Crippen LogP contribution in [0.4, 0.5) is 5.82 Å². The van der Waals surface area contributed by atoms with Crippen molar-refractivity contribution in [3.8, 4) is 0 Å². The highest BCUT2D eigenvalue weighted by Gasteiger charge is 2.44. The molecule has 2 aliphatic carbocycles. The van der Waals surface area contributed by atoms with E-state index in [9.17, 15) is 13.2 Å². The SMILES string of the molecule is CC(=O)N[C@@H]1C[C@@H]2CN(c3ncccc3S(C)(=O)=O)C[C@@H]2C[C@H]1OCC1CC1. The lowest BCUT2D eigenvalue weighted by molar-refractivity contribution is -0.122. The fourth-order valence-electron chi connectivity index (χ4n) is 4.64. The molecule has 28 heavy (non-hydrogen) atoms. The van der Waals surface area contributed by atoms with E-state index in [1.807, 2.05) is 0 Å². The number of sulfone groups is 1. The van der Waals surface area contributed by atoms with Gasteiger partial charge in [-0.1, -0.05) is 0 Å². The first-order valence-electron chi connectivity index (χ1n) is 10.1. The molecule has 0 spiro atoms. The van der Waals surface area contributed by atoms with Crippen LogP contribution >= 0.6 is 0 Å². The van der Waals surface area contributed by atoms with Crippen LogP contribution in [0.1, 0.15) is 32.6 Å². The molecule has 4 rings (SSSR count). The van der Waals surface area contributed by atoms with E-state index in [0.29, 0.717) is 23.6 Å². The fraction of sp³-hybridized carbons (Fsp3) is 0.700. The number of carbonyl (C=O) groups excluding carboxylic acids is 1. The third-order valence-corrected chi connectivity index (χ3v) is 7.32. The Hall–Kier alpha value is -1.67. The van der Waals surface area contributed by atoms with Crippen molar-refractivity contribution in [2.45, 2.75) is 49.6 Å². The van der Waals surface area contributed by atoms with Gasteiger partial charge in [0.2, 0.25) is 5.91 Å². The Morgan fingerprint density at radius 3 is 2.64 bits per heavy atom. The molecule has 1 saturated heterocycles. The molecular formula is C20H29N3O4S. The van der Waals surface area contributed by atoms with Crippen LogP contribution in [0, 0.1) is 17.8 Å². The number of nitrogens with zero attached hydrogens (tertiary/aromatic N) is 2. The highest BCUT2D eigenvalue weighted by atomic mass is 32.2. The molecule has 1 aromatic heterocycles. The predicted octanol–water partition coefficient (Wildman–Crippen LogP) is 1.63. The lowest BCUT2D eigenvalue weighted by Crippen LogP contribution is -2.50. The zero-order valence-electron chi connectivity index (χ0n) is 16.5. The van der Waals surface area contributed by atoms with Crippen LogP contribution in [-0.4, -0.2) is 57.4 Å². The Morgan fingerprint density at radius 2 is 2.00 bits per heavy atom. The highest BCUT2D eigenvalue weighted by molar-refractivity contribution is 7.90. The van der Waals surface area contributed by atoms with Gasteiger partial charge in [0, 0.05) is 39.1 Å². The van der Waals surface area contributed by atoms with E-state index in [2.05, 4.69) is 15.2 Å². The molecule has 0 unspecified atom stereocenters. The number of aromatic nitrogens is 1. The maximum atomic E-state index is 12.2. The topological polar surface area (TPSA) is 88.6 Å². The number of hydrogen-bond donors (Lipinski definition) is 1. The van der Waals surface area contributed by atoms with Crippen molar-refractivity contribution in [2.24, 2.45) is 17.8 Å². The fourth-order valence-corrected chi connectivity index (χ4v) is 5.48. The van der Waals surface area contributed by atoms with E-state index in [4.69, 9.17) is 4.74 Å². The Kier molecular flexibility index (Phi) is 5.35. The van der Waals surface area contributed by atoms with Gasteiger partial charge in [0.05, 0.1) is 12.1 Å². The summed E-state index contributed by atoms with van der Waals surface area (Å²) in [7, 11) is -3.34. The zero-order valence-corrected chi connectivity index (χ0v) is 17.3. The van der Waals surface area contributed by atoms with Crippen molar-refractivity contribution in [3.05, 3.63) is 18.3 Å². The average Bonchev–Trinajstić information content (AvgIpc) is 3.37. The summed E-state index contributed by atoms with van der Waals surface area (Å²) in [6.45, 7) is 3.87. The molecule has 2 saturated carbocycles. The molecule has 0 radical (unpaired) electrons. The van der Waals surface area contributed by atoms with Crippen molar-refractivity contribution in [3.63, 3.8) is 0 Å². The van der Waals surface area contributed by atoms with Gasteiger partial charge in [0.15, 0.2) is 9.84 Å². The van der Waals surface area contributed by atoms with Gasteiger partial charge in [-0.25, -0.2) is 13.4 Å². The number of anilines is 1. The second-order valence-corrected chi connectivity index (χ2v) is 10.6. The number of amides is 1. The minimum Gasteiger partial charge on any atom is -0.376 e. The summed E-state index contributed by atoms with van der Waals surface area (Å²) in [5.41, 5.74) is 0. The van der Waals surface area contributed by atoms with Crippen molar-refractivity contribution in [1.82, 2.24) is 10.3 Å². The first kappa shape index (κ1) is 19.6. The van der Waals surface area contributed by atoms with Crippen LogP contribution in [-0.2, 0) is 19.4 Å². The molecule has 1 aliphatic heterocycles. The van der Waals surface area contributed by atoms with Gasteiger partial charge in [-0.05, 0) is 55.6 Å². The molecule has 154 valence electrons. The number of rotatable bonds is 6. The van der Waals surface area contributed by atoms with Crippen molar-refractivity contribution < 1.29 is 17.9 Å². The maximum absolute atomic E-state index is 12.2. The first-order valence-corrected chi connectivity index (χ1v) is 12.0. The first-order chi connectivity index (χ1) is 13.3. The van der Waals surface area contributed by atoms with E-state index < -0.39 is 9.84 Å². The quantitative estimate of drug-likeness (QED) is 0.771. The summed E-state index contributed by atoms with van der Waals surface area (Å²) in [5, 5.41) is 3.08. The Morgan fingerprint density at radius 1 is 1.29 bits per heavy atom. The van der Waals surface area contributed by atoms with E-state index in [0.717, 1.165) is 32.5 Å². The van der Waals surface area contributed by atoms with Gasteiger partial charge in [0.1, 0.15) is 10.7 Å². The summed E-state index contributed by atoms with van der Waals surface area (Å²) >= 11 is 0. The van der Waals surface area contributed by atoms with Crippen molar-refractivity contribution in [2.75, 3.05) is 30.9 Å². The summed E-state index contributed by atoms with van der Waals surface area (Å²) in [6, 6.07) is 3.31. The van der Waals surface area contributed by atoms with E-state index in [1.165, 1.54) is 19.1 Å². The molecule has 0 bridgehead atoms. The normalized spacial score (nSPS) is 30.1. The van der Waals surface area contributed by atoms with Gasteiger partial charge in [-0.3, -0.25) is 4.79 Å². The van der Waals surface area contributed by atoms with Gasteiger partial charge >= 0.3 is 0 Å². The van der Waals surface area contributed by atoms with Gasteiger partial charge in [-0.2, -0.15) is 0 Å². The molecule has 3 aliphatic rings.